The number of benzene rings is 3. The Kier molecular flexibility index (Phi) is 9.28. The first-order valence-electron chi connectivity index (χ1n) is 13.8. The number of ether oxygens (including phenoxy) is 1. The predicted octanol–water partition coefficient (Wildman–Crippen LogP) is 7.07. The Balaban J connectivity index is 2.08. The summed E-state index contributed by atoms with van der Waals surface area (Å²) >= 11 is 0. The summed E-state index contributed by atoms with van der Waals surface area (Å²) in [6.07, 6.45) is -0.103. The molecule has 3 aromatic rings. The summed E-state index contributed by atoms with van der Waals surface area (Å²) < 4.78 is 5.39. The van der Waals surface area contributed by atoms with Crippen LogP contribution in [-0.4, -0.2) is 40.0 Å². The zero-order valence-corrected chi connectivity index (χ0v) is 25.2. The van der Waals surface area contributed by atoms with Gasteiger partial charge in [-0.2, -0.15) is 0 Å². The fourth-order valence-corrected chi connectivity index (χ4v) is 4.65. The molecule has 3 amide bonds. The highest BCUT2D eigenvalue weighted by Gasteiger charge is 2.42. The predicted molar refractivity (Wildman–Crippen MR) is 161 cm³/mol. The average Bonchev–Trinajstić information content (AvgIpc) is 2.87. The van der Waals surface area contributed by atoms with Gasteiger partial charge in [0.05, 0.1) is 0 Å². The number of alkyl carbamates (subject to hydrolysis) is 1. The van der Waals surface area contributed by atoms with Gasteiger partial charge < -0.3 is 20.3 Å². The van der Waals surface area contributed by atoms with Crippen molar-refractivity contribution in [2.24, 2.45) is 0 Å². The van der Waals surface area contributed by atoms with Crippen LogP contribution in [0.15, 0.2) is 60.7 Å². The second kappa shape index (κ2) is 12.1. The molecular formula is C33H43N3O4. The third-order valence-corrected chi connectivity index (χ3v) is 7.32. The maximum atomic E-state index is 14.2. The second-order valence-corrected chi connectivity index (χ2v) is 12.0. The molecule has 0 aliphatic heterocycles. The molecule has 3 aromatic carbocycles. The van der Waals surface area contributed by atoms with Crippen LogP contribution in [0.3, 0.4) is 0 Å². The molecule has 0 spiro atoms. The van der Waals surface area contributed by atoms with Crippen LogP contribution in [0, 0.1) is 13.8 Å². The first-order chi connectivity index (χ1) is 18.6. The number of hydrogen-bond acceptors (Lipinski definition) is 4. The van der Waals surface area contributed by atoms with E-state index in [4.69, 9.17) is 4.74 Å². The van der Waals surface area contributed by atoms with Crippen LogP contribution >= 0.6 is 0 Å². The number of anilines is 1. The number of aryl methyl sites for hydroxylation is 1. The quantitative estimate of drug-likeness (QED) is 0.317. The van der Waals surface area contributed by atoms with E-state index < -0.39 is 29.3 Å². The number of carbonyl (C=O) groups excluding carboxylic acids is 3. The van der Waals surface area contributed by atoms with Gasteiger partial charge in [0.2, 0.25) is 5.91 Å². The van der Waals surface area contributed by atoms with Gasteiger partial charge in [0.15, 0.2) is 0 Å². The zero-order valence-electron chi connectivity index (χ0n) is 25.2. The van der Waals surface area contributed by atoms with Gasteiger partial charge in [0, 0.05) is 11.2 Å². The van der Waals surface area contributed by atoms with Crippen molar-refractivity contribution >= 4 is 34.4 Å². The van der Waals surface area contributed by atoms with Gasteiger partial charge in [-0.15, -0.1) is 0 Å². The average molecular weight is 546 g/mol. The van der Waals surface area contributed by atoms with Gasteiger partial charge in [-0.25, -0.2) is 4.79 Å². The van der Waals surface area contributed by atoms with Crippen LogP contribution in [0.4, 0.5) is 10.5 Å². The first-order valence-corrected chi connectivity index (χ1v) is 13.8. The summed E-state index contributed by atoms with van der Waals surface area (Å²) in [6, 6.07) is 17.6. The van der Waals surface area contributed by atoms with Crippen LogP contribution in [0.5, 0.6) is 0 Å². The summed E-state index contributed by atoms with van der Waals surface area (Å²) in [5.74, 6) is -0.708. The summed E-state index contributed by atoms with van der Waals surface area (Å²) in [6.45, 7) is 16.7. The van der Waals surface area contributed by atoms with E-state index in [9.17, 15) is 14.4 Å². The highest BCUT2D eigenvalue weighted by atomic mass is 16.6. The van der Waals surface area contributed by atoms with E-state index >= 15 is 0 Å². The molecule has 0 aliphatic rings. The Morgan fingerprint density at radius 1 is 0.900 bits per heavy atom. The van der Waals surface area contributed by atoms with Crippen LogP contribution in [0.1, 0.15) is 77.6 Å². The van der Waals surface area contributed by atoms with Crippen LogP contribution < -0.4 is 10.6 Å². The smallest absolute Gasteiger partial charge is 0.408 e. The number of nitrogens with one attached hydrogen (secondary N) is 2. The minimum absolute atomic E-state index is 0.330. The Labute approximate surface area is 238 Å². The molecule has 0 heterocycles. The molecule has 0 saturated heterocycles. The Morgan fingerprint density at radius 3 is 2.17 bits per heavy atom. The van der Waals surface area contributed by atoms with E-state index in [2.05, 4.69) is 10.6 Å². The Morgan fingerprint density at radius 2 is 1.55 bits per heavy atom. The van der Waals surface area contributed by atoms with Gasteiger partial charge in [0.25, 0.3) is 5.91 Å². The molecule has 0 aromatic heterocycles. The van der Waals surface area contributed by atoms with Crippen molar-refractivity contribution in [2.45, 2.75) is 92.0 Å². The highest BCUT2D eigenvalue weighted by Crippen LogP contribution is 2.35. The second-order valence-electron chi connectivity index (χ2n) is 12.0. The lowest BCUT2D eigenvalue weighted by molar-refractivity contribution is -0.147. The van der Waals surface area contributed by atoms with Crippen molar-refractivity contribution in [2.75, 3.05) is 5.32 Å². The fourth-order valence-electron chi connectivity index (χ4n) is 4.65. The molecule has 7 heteroatoms. The van der Waals surface area contributed by atoms with Gasteiger partial charge in [-0.1, -0.05) is 55.5 Å². The lowest BCUT2D eigenvalue weighted by Crippen LogP contribution is -2.58. The topological polar surface area (TPSA) is 87.7 Å². The number of rotatable bonds is 8. The standard InChI is InChI=1S/C33H43N3O4/c1-10-33(8,9)36(30(38)23(4)34-31(39)40-32(5,6)7)28(27-17-13-14-21(2)22(27)3)29(37)35-26-19-18-24-15-11-12-16-25(24)20-26/h11-20,23,28H,10H2,1-9H3,(H,34,39)(H,35,37). The maximum absolute atomic E-state index is 14.2. The Hall–Kier alpha value is -3.87. The molecule has 214 valence electrons. The normalized spacial score (nSPS) is 13.3. The van der Waals surface area contributed by atoms with Crippen molar-refractivity contribution < 1.29 is 19.1 Å². The number of fused-ring (bicyclic) bond motifs is 1. The van der Waals surface area contributed by atoms with Crippen LogP contribution in [0.2, 0.25) is 0 Å². The molecule has 2 atom stereocenters. The van der Waals surface area contributed by atoms with E-state index in [1.54, 1.807) is 32.6 Å². The van der Waals surface area contributed by atoms with Crippen molar-refractivity contribution in [1.82, 2.24) is 10.2 Å². The fraction of sp³-hybridized carbons (Fsp3) is 0.424. The first kappa shape index (κ1) is 30.7. The van der Waals surface area contributed by atoms with E-state index in [1.807, 2.05) is 95.3 Å². The molecule has 0 radical (unpaired) electrons. The largest absolute Gasteiger partial charge is 0.444 e. The van der Waals surface area contributed by atoms with Gasteiger partial charge in [0.1, 0.15) is 17.7 Å². The van der Waals surface area contributed by atoms with Crippen LogP contribution in [0.25, 0.3) is 10.8 Å². The third kappa shape index (κ3) is 7.20. The summed E-state index contributed by atoms with van der Waals surface area (Å²) in [5.41, 5.74) is 1.89. The molecular weight excluding hydrogens is 502 g/mol. The molecule has 40 heavy (non-hydrogen) atoms. The molecule has 0 fully saturated rings. The van der Waals surface area contributed by atoms with E-state index in [-0.39, 0.29) is 11.8 Å². The minimum atomic E-state index is -0.947. The van der Waals surface area contributed by atoms with Gasteiger partial charge in [-0.3, -0.25) is 9.59 Å². The summed E-state index contributed by atoms with van der Waals surface area (Å²) in [4.78, 5) is 42.6. The highest BCUT2D eigenvalue weighted by molar-refractivity contribution is 6.00. The van der Waals surface area contributed by atoms with Gasteiger partial charge >= 0.3 is 6.09 Å². The monoisotopic (exact) mass is 545 g/mol. The third-order valence-electron chi connectivity index (χ3n) is 7.32. The summed E-state index contributed by atoms with van der Waals surface area (Å²) in [5, 5.41) is 7.81. The number of amides is 3. The zero-order chi connectivity index (χ0) is 29.8. The van der Waals surface area contributed by atoms with Crippen LogP contribution in [-0.2, 0) is 14.3 Å². The molecule has 0 aliphatic carbocycles. The Bertz CT molecular complexity index is 1390. The number of hydrogen-bond donors (Lipinski definition) is 2. The SMILES string of the molecule is CCC(C)(C)N(C(=O)C(C)NC(=O)OC(C)(C)C)C(C(=O)Nc1ccc2ccccc2c1)c1cccc(C)c1C. The minimum Gasteiger partial charge on any atom is -0.444 e. The molecule has 2 unspecified atom stereocenters. The lowest BCUT2D eigenvalue weighted by atomic mass is 9.89. The lowest BCUT2D eigenvalue weighted by Gasteiger charge is -2.44. The van der Waals surface area contributed by atoms with Crippen molar-refractivity contribution in [1.29, 1.82) is 0 Å². The van der Waals surface area contributed by atoms with E-state index in [1.165, 1.54) is 0 Å². The van der Waals surface area contributed by atoms with Crippen molar-refractivity contribution in [3.8, 4) is 0 Å². The van der Waals surface area contributed by atoms with Crippen molar-refractivity contribution in [3.63, 3.8) is 0 Å². The van der Waals surface area contributed by atoms with Gasteiger partial charge in [-0.05, 0) is 101 Å². The van der Waals surface area contributed by atoms with E-state index in [0.29, 0.717) is 12.1 Å². The van der Waals surface area contributed by atoms with E-state index in [0.717, 1.165) is 27.5 Å². The maximum Gasteiger partial charge on any atom is 0.408 e. The molecule has 3 rings (SSSR count). The molecule has 0 bridgehead atoms. The summed E-state index contributed by atoms with van der Waals surface area (Å²) in [7, 11) is 0. The molecule has 0 saturated carbocycles. The molecule has 7 nitrogen and oxygen atoms in total. The number of nitrogens with zero attached hydrogens (tertiary/aromatic N) is 1. The molecule has 2 N–H and O–H groups in total. The number of carbonyl (C=O) groups is 3. The van der Waals surface area contributed by atoms with Crippen molar-refractivity contribution in [3.05, 3.63) is 77.4 Å².